The minimum atomic E-state index is 0.0104. The first-order valence-electron chi connectivity index (χ1n) is 9.03. The molecule has 1 aliphatic rings. The van der Waals surface area contributed by atoms with Crippen molar-refractivity contribution in [1.29, 1.82) is 0 Å². The molecule has 0 amide bonds. The van der Waals surface area contributed by atoms with E-state index in [0.29, 0.717) is 18.5 Å². The van der Waals surface area contributed by atoms with Crippen molar-refractivity contribution in [2.75, 3.05) is 0 Å². The lowest BCUT2D eigenvalue weighted by atomic mass is 9.98. The van der Waals surface area contributed by atoms with Crippen molar-refractivity contribution in [2.24, 2.45) is 10.9 Å². The van der Waals surface area contributed by atoms with Crippen molar-refractivity contribution < 1.29 is 0 Å². The van der Waals surface area contributed by atoms with E-state index in [9.17, 15) is 4.79 Å². The van der Waals surface area contributed by atoms with Gasteiger partial charge >= 0.3 is 0 Å². The lowest BCUT2D eigenvalue weighted by Crippen LogP contribution is -2.24. The average Bonchev–Trinajstić information content (AvgIpc) is 3.03. The molecular formula is C21H22N4O. The Balaban J connectivity index is 2.07. The van der Waals surface area contributed by atoms with E-state index >= 15 is 0 Å². The monoisotopic (exact) mass is 346 g/mol. The fraction of sp³-hybridized carbons (Fsp3) is 0.286. The van der Waals surface area contributed by atoms with Crippen LogP contribution in [0, 0.1) is 6.92 Å². The summed E-state index contributed by atoms with van der Waals surface area (Å²) in [5.41, 5.74) is 7.44. The summed E-state index contributed by atoms with van der Waals surface area (Å²) in [5.74, 6) is 5.56. The molecule has 0 bridgehead atoms. The van der Waals surface area contributed by atoms with Gasteiger partial charge in [0.15, 0.2) is 0 Å². The quantitative estimate of drug-likeness (QED) is 0.351. The molecule has 0 fully saturated rings. The van der Waals surface area contributed by atoms with Crippen LogP contribution in [0.2, 0.25) is 0 Å². The molecule has 1 aliphatic heterocycles. The van der Waals surface area contributed by atoms with Crippen LogP contribution in [0.5, 0.6) is 0 Å². The first-order valence-corrected chi connectivity index (χ1v) is 9.03. The highest BCUT2D eigenvalue weighted by Gasteiger charge is 2.27. The summed E-state index contributed by atoms with van der Waals surface area (Å²) in [6, 6.07) is 10.2. The Morgan fingerprint density at radius 2 is 2.08 bits per heavy atom. The molecule has 0 unspecified atom stereocenters. The molecule has 5 nitrogen and oxygen atoms in total. The zero-order valence-electron chi connectivity index (χ0n) is 15.3. The first-order chi connectivity index (χ1) is 12.6. The molecule has 132 valence electrons. The number of rotatable bonds is 3. The van der Waals surface area contributed by atoms with E-state index in [2.05, 4.69) is 18.1 Å². The Hall–Kier alpha value is -2.95. The summed E-state index contributed by atoms with van der Waals surface area (Å²) in [5, 5.41) is 5.06. The molecular weight excluding hydrogens is 324 g/mol. The maximum atomic E-state index is 13.0. The number of benzene rings is 1. The second kappa shape index (κ2) is 6.09. The fourth-order valence-corrected chi connectivity index (χ4v) is 4.02. The molecule has 5 heteroatoms. The van der Waals surface area contributed by atoms with Gasteiger partial charge in [-0.25, -0.2) is 4.98 Å². The molecule has 0 aliphatic carbocycles. The SMILES string of the molecule is CC/C(=N\N)c1cc2n(c(=O)c1C)Cc1c-2nc2ccccc2c1CC. The van der Waals surface area contributed by atoms with Crippen LogP contribution in [0.4, 0.5) is 0 Å². The number of aromatic nitrogens is 2. The number of hydrogen-bond donors (Lipinski definition) is 1. The molecule has 0 spiro atoms. The van der Waals surface area contributed by atoms with Crippen molar-refractivity contribution in [3.63, 3.8) is 0 Å². The summed E-state index contributed by atoms with van der Waals surface area (Å²) in [6.07, 6.45) is 1.59. The first kappa shape index (κ1) is 16.5. The molecule has 0 saturated carbocycles. The third-order valence-electron chi connectivity index (χ3n) is 5.37. The zero-order chi connectivity index (χ0) is 18.4. The Morgan fingerprint density at radius 3 is 2.77 bits per heavy atom. The van der Waals surface area contributed by atoms with E-state index in [0.717, 1.165) is 40.2 Å². The topological polar surface area (TPSA) is 73.3 Å². The van der Waals surface area contributed by atoms with E-state index in [1.54, 1.807) is 0 Å². The molecule has 26 heavy (non-hydrogen) atoms. The number of aryl methyl sites for hydroxylation is 1. The lowest BCUT2D eigenvalue weighted by Gasteiger charge is -2.11. The van der Waals surface area contributed by atoms with E-state index in [4.69, 9.17) is 10.8 Å². The Labute approximate surface area is 152 Å². The Bertz CT molecular complexity index is 1130. The van der Waals surface area contributed by atoms with Gasteiger partial charge in [0.25, 0.3) is 5.56 Å². The van der Waals surface area contributed by atoms with E-state index in [-0.39, 0.29) is 5.56 Å². The molecule has 0 radical (unpaired) electrons. The van der Waals surface area contributed by atoms with Crippen molar-refractivity contribution in [2.45, 2.75) is 40.2 Å². The molecule has 3 aromatic rings. The van der Waals surface area contributed by atoms with Crippen molar-refractivity contribution in [3.05, 3.63) is 62.9 Å². The van der Waals surface area contributed by atoms with Crippen LogP contribution in [0.1, 0.15) is 42.5 Å². The van der Waals surface area contributed by atoms with E-state index in [1.807, 2.05) is 42.7 Å². The molecule has 0 atom stereocenters. The van der Waals surface area contributed by atoms with E-state index < -0.39 is 0 Å². The van der Waals surface area contributed by atoms with Crippen LogP contribution in [0.25, 0.3) is 22.3 Å². The van der Waals surface area contributed by atoms with Crippen LogP contribution in [-0.4, -0.2) is 15.3 Å². The fourth-order valence-electron chi connectivity index (χ4n) is 4.02. The minimum absolute atomic E-state index is 0.0104. The van der Waals surface area contributed by atoms with Crippen molar-refractivity contribution >= 4 is 16.6 Å². The van der Waals surface area contributed by atoms with Crippen LogP contribution in [0.15, 0.2) is 40.2 Å². The smallest absolute Gasteiger partial charge is 0.254 e. The predicted molar refractivity (Wildman–Crippen MR) is 106 cm³/mol. The number of hydrazone groups is 1. The van der Waals surface area contributed by atoms with Gasteiger partial charge in [0.1, 0.15) is 0 Å². The molecule has 3 heterocycles. The van der Waals surface area contributed by atoms with Crippen LogP contribution in [-0.2, 0) is 13.0 Å². The standard InChI is InChI=1S/C21H22N4O/c1-4-13-14-8-6-7-9-18(14)23-20-16(13)11-25-19(20)10-15(12(3)21(25)26)17(5-2)24-22/h6-10H,4-5,11,22H2,1-3H3/b24-17+. The van der Waals surface area contributed by atoms with Crippen LogP contribution < -0.4 is 11.4 Å². The van der Waals surface area contributed by atoms with Gasteiger partial charge in [-0.2, -0.15) is 5.10 Å². The number of pyridine rings is 2. The normalized spacial score (nSPS) is 13.1. The van der Waals surface area contributed by atoms with E-state index in [1.165, 1.54) is 10.9 Å². The zero-order valence-corrected chi connectivity index (χ0v) is 15.3. The van der Waals surface area contributed by atoms with Gasteiger partial charge in [-0.05, 0) is 37.5 Å². The molecule has 2 aromatic heterocycles. The third-order valence-corrected chi connectivity index (χ3v) is 5.37. The summed E-state index contributed by atoms with van der Waals surface area (Å²) < 4.78 is 1.83. The van der Waals surface area contributed by atoms with Gasteiger partial charge in [0, 0.05) is 22.1 Å². The van der Waals surface area contributed by atoms with Crippen molar-refractivity contribution in [3.8, 4) is 11.4 Å². The average molecular weight is 346 g/mol. The number of para-hydroxylation sites is 1. The largest absolute Gasteiger partial charge is 0.323 e. The summed E-state index contributed by atoms with van der Waals surface area (Å²) in [6.45, 7) is 6.57. The number of nitrogens with zero attached hydrogens (tertiary/aromatic N) is 3. The summed E-state index contributed by atoms with van der Waals surface area (Å²) in [4.78, 5) is 17.9. The lowest BCUT2D eigenvalue weighted by molar-refractivity contribution is 0.788. The van der Waals surface area contributed by atoms with Gasteiger partial charge in [0.2, 0.25) is 0 Å². The molecule has 2 N–H and O–H groups in total. The van der Waals surface area contributed by atoms with Gasteiger partial charge in [-0.1, -0.05) is 32.0 Å². The summed E-state index contributed by atoms with van der Waals surface area (Å²) in [7, 11) is 0. The summed E-state index contributed by atoms with van der Waals surface area (Å²) >= 11 is 0. The maximum absolute atomic E-state index is 13.0. The van der Waals surface area contributed by atoms with Gasteiger partial charge in [-0.3, -0.25) is 4.79 Å². The molecule has 1 aromatic carbocycles. The minimum Gasteiger partial charge on any atom is -0.323 e. The molecule has 4 rings (SSSR count). The Morgan fingerprint density at radius 1 is 1.31 bits per heavy atom. The highest BCUT2D eigenvalue weighted by atomic mass is 16.1. The number of fused-ring (bicyclic) bond motifs is 4. The highest BCUT2D eigenvalue weighted by molar-refractivity contribution is 6.02. The van der Waals surface area contributed by atoms with Crippen LogP contribution in [0.3, 0.4) is 0 Å². The number of nitrogens with two attached hydrogens (primary N) is 1. The Kier molecular flexibility index (Phi) is 3.87. The van der Waals surface area contributed by atoms with Gasteiger partial charge in [0.05, 0.1) is 29.2 Å². The molecule has 0 saturated heterocycles. The third kappa shape index (κ3) is 2.20. The maximum Gasteiger partial charge on any atom is 0.254 e. The van der Waals surface area contributed by atoms with Gasteiger partial charge in [-0.15, -0.1) is 0 Å². The highest BCUT2D eigenvalue weighted by Crippen LogP contribution is 2.36. The second-order valence-electron chi connectivity index (χ2n) is 6.68. The van der Waals surface area contributed by atoms with Gasteiger partial charge < -0.3 is 10.4 Å². The van der Waals surface area contributed by atoms with Crippen LogP contribution >= 0.6 is 0 Å². The number of hydrogen-bond acceptors (Lipinski definition) is 4. The predicted octanol–water partition coefficient (Wildman–Crippen LogP) is 3.37. The van der Waals surface area contributed by atoms with Crippen molar-refractivity contribution in [1.82, 2.24) is 9.55 Å². The second-order valence-corrected chi connectivity index (χ2v) is 6.68.